The van der Waals surface area contributed by atoms with Gasteiger partial charge in [0.1, 0.15) is 12.0 Å². The van der Waals surface area contributed by atoms with Crippen LogP contribution in [-0.2, 0) is 11.3 Å². The quantitative estimate of drug-likeness (QED) is 0.479. The van der Waals surface area contributed by atoms with Crippen LogP contribution in [-0.4, -0.2) is 23.1 Å². The number of nitrogens with one attached hydrogen (secondary N) is 1. The highest BCUT2D eigenvalue weighted by Gasteiger charge is 2.08. The van der Waals surface area contributed by atoms with E-state index in [4.69, 9.17) is 16.3 Å². The zero-order valence-corrected chi connectivity index (χ0v) is 12.8. The second-order valence-electron chi connectivity index (χ2n) is 4.72. The molecule has 22 heavy (non-hydrogen) atoms. The summed E-state index contributed by atoms with van der Waals surface area (Å²) in [7, 11) is 0. The van der Waals surface area contributed by atoms with Crippen LogP contribution in [0.25, 0.3) is 0 Å². The van der Waals surface area contributed by atoms with Gasteiger partial charge in [0, 0.05) is 17.6 Å². The summed E-state index contributed by atoms with van der Waals surface area (Å²) in [6.45, 7) is 3.35. The molecule has 0 saturated carbocycles. The zero-order chi connectivity index (χ0) is 15.9. The molecule has 1 aromatic carbocycles. The Morgan fingerprint density at radius 1 is 1.36 bits per heavy atom. The molecule has 0 fully saturated rings. The molecule has 2 rings (SSSR count). The second kappa shape index (κ2) is 7.72. The number of nitrogens with zero attached hydrogens (tertiary/aromatic N) is 2. The largest absolute Gasteiger partial charge is 0.375 e. The molecular formula is C15H16ClN3O3. The maximum atomic E-state index is 10.6. The van der Waals surface area contributed by atoms with Crippen molar-refractivity contribution in [3.05, 3.63) is 62.8 Å². The molecule has 1 heterocycles. The molecule has 0 amide bonds. The van der Waals surface area contributed by atoms with Crippen LogP contribution in [0.4, 0.5) is 11.5 Å². The van der Waals surface area contributed by atoms with E-state index < -0.39 is 4.92 Å². The number of pyridine rings is 1. The summed E-state index contributed by atoms with van der Waals surface area (Å²) < 4.78 is 5.54. The van der Waals surface area contributed by atoms with Gasteiger partial charge in [-0.2, -0.15) is 0 Å². The highest BCUT2D eigenvalue weighted by atomic mass is 35.5. The lowest BCUT2D eigenvalue weighted by Gasteiger charge is -2.09. The van der Waals surface area contributed by atoms with Gasteiger partial charge in [0.15, 0.2) is 0 Å². The smallest absolute Gasteiger partial charge is 0.287 e. The van der Waals surface area contributed by atoms with Crippen molar-refractivity contribution in [1.82, 2.24) is 4.98 Å². The minimum atomic E-state index is -0.459. The first-order chi connectivity index (χ1) is 10.6. The Hall–Kier alpha value is -2.18. The molecule has 0 spiro atoms. The van der Waals surface area contributed by atoms with E-state index in [2.05, 4.69) is 10.3 Å². The van der Waals surface area contributed by atoms with Crippen molar-refractivity contribution in [2.75, 3.05) is 18.5 Å². The van der Waals surface area contributed by atoms with Crippen molar-refractivity contribution in [1.29, 1.82) is 0 Å². The number of aromatic nitrogens is 1. The summed E-state index contributed by atoms with van der Waals surface area (Å²) in [6, 6.07) is 8.96. The molecule has 0 unspecified atom stereocenters. The fourth-order valence-electron chi connectivity index (χ4n) is 1.86. The lowest BCUT2D eigenvalue weighted by atomic mass is 10.2. The Morgan fingerprint density at radius 2 is 2.09 bits per heavy atom. The number of nitro groups is 1. The minimum absolute atomic E-state index is 0.0120. The Bertz CT molecular complexity index is 647. The maximum absolute atomic E-state index is 10.6. The fourth-order valence-corrected chi connectivity index (χ4v) is 1.98. The number of benzene rings is 1. The van der Waals surface area contributed by atoms with E-state index >= 15 is 0 Å². The number of hydrogen-bond donors (Lipinski definition) is 1. The Labute approximate surface area is 133 Å². The predicted molar refractivity (Wildman–Crippen MR) is 85.2 cm³/mol. The van der Waals surface area contributed by atoms with Gasteiger partial charge in [-0.1, -0.05) is 23.7 Å². The van der Waals surface area contributed by atoms with Gasteiger partial charge in [-0.25, -0.2) is 4.98 Å². The van der Waals surface area contributed by atoms with Crippen LogP contribution >= 0.6 is 11.6 Å². The summed E-state index contributed by atoms with van der Waals surface area (Å²) in [5.74, 6) is 0.626. The number of ether oxygens (including phenoxy) is 1. The molecule has 0 bridgehead atoms. The molecule has 0 aliphatic heterocycles. The number of aryl methyl sites for hydroxylation is 1. The minimum Gasteiger partial charge on any atom is -0.375 e. The fraction of sp³-hybridized carbons (Fsp3) is 0.267. The molecule has 0 aliphatic rings. The third-order valence-electron chi connectivity index (χ3n) is 3.00. The topological polar surface area (TPSA) is 77.3 Å². The molecular weight excluding hydrogens is 306 g/mol. The van der Waals surface area contributed by atoms with Crippen LogP contribution in [0.3, 0.4) is 0 Å². The van der Waals surface area contributed by atoms with Gasteiger partial charge in [0.05, 0.1) is 18.1 Å². The van der Waals surface area contributed by atoms with Gasteiger partial charge in [0.25, 0.3) is 5.69 Å². The molecule has 1 N–H and O–H groups in total. The monoisotopic (exact) mass is 321 g/mol. The molecule has 2 aromatic rings. The molecule has 0 atom stereocenters. The van der Waals surface area contributed by atoms with Gasteiger partial charge in [0.2, 0.25) is 0 Å². The summed E-state index contributed by atoms with van der Waals surface area (Å²) in [6.07, 6.45) is 1.24. The first kappa shape index (κ1) is 16.2. The highest BCUT2D eigenvalue weighted by Crippen LogP contribution is 2.17. The van der Waals surface area contributed by atoms with Gasteiger partial charge in [-0.05, 0) is 30.2 Å². The molecule has 0 radical (unpaired) electrons. The molecule has 1 aromatic heterocycles. The molecule has 0 aliphatic carbocycles. The van der Waals surface area contributed by atoms with Gasteiger partial charge >= 0.3 is 0 Å². The lowest BCUT2D eigenvalue weighted by Crippen LogP contribution is -2.11. The van der Waals surface area contributed by atoms with E-state index in [1.807, 2.05) is 24.3 Å². The van der Waals surface area contributed by atoms with Gasteiger partial charge in [-0.3, -0.25) is 10.1 Å². The molecule has 7 heteroatoms. The van der Waals surface area contributed by atoms with E-state index in [0.717, 1.165) is 11.1 Å². The van der Waals surface area contributed by atoms with Gasteiger partial charge < -0.3 is 10.1 Å². The SMILES string of the molecule is Cc1cc([N+](=O)[O-])cnc1NCCOCc1ccc(Cl)cc1. The van der Waals surface area contributed by atoms with Crippen LogP contribution in [0.15, 0.2) is 36.5 Å². The third-order valence-corrected chi connectivity index (χ3v) is 3.25. The van der Waals surface area contributed by atoms with E-state index in [0.29, 0.717) is 30.6 Å². The Kier molecular flexibility index (Phi) is 5.68. The van der Waals surface area contributed by atoms with E-state index in [1.54, 1.807) is 6.92 Å². The molecule has 116 valence electrons. The summed E-state index contributed by atoms with van der Waals surface area (Å²) in [4.78, 5) is 14.2. The summed E-state index contributed by atoms with van der Waals surface area (Å²) >= 11 is 5.81. The van der Waals surface area contributed by atoms with Crippen LogP contribution in [0.5, 0.6) is 0 Å². The van der Waals surface area contributed by atoms with Crippen LogP contribution in [0.1, 0.15) is 11.1 Å². The van der Waals surface area contributed by atoms with Crippen molar-refractivity contribution >= 4 is 23.1 Å². The van der Waals surface area contributed by atoms with Crippen LogP contribution < -0.4 is 5.32 Å². The zero-order valence-electron chi connectivity index (χ0n) is 12.1. The average molecular weight is 322 g/mol. The van der Waals surface area contributed by atoms with Crippen molar-refractivity contribution in [2.45, 2.75) is 13.5 Å². The standard InChI is InChI=1S/C15H16ClN3O3/c1-11-8-14(19(20)21)9-18-15(11)17-6-7-22-10-12-2-4-13(16)5-3-12/h2-5,8-9H,6-7,10H2,1H3,(H,17,18). The highest BCUT2D eigenvalue weighted by molar-refractivity contribution is 6.30. The van der Waals surface area contributed by atoms with E-state index in [-0.39, 0.29) is 5.69 Å². The van der Waals surface area contributed by atoms with E-state index in [9.17, 15) is 10.1 Å². The van der Waals surface area contributed by atoms with Crippen LogP contribution in [0.2, 0.25) is 5.02 Å². The first-order valence-corrected chi connectivity index (χ1v) is 7.11. The van der Waals surface area contributed by atoms with Crippen molar-refractivity contribution in [2.24, 2.45) is 0 Å². The maximum Gasteiger partial charge on any atom is 0.287 e. The number of rotatable bonds is 7. The number of halogens is 1. The average Bonchev–Trinajstić information content (AvgIpc) is 2.50. The first-order valence-electron chi connectivity index (χ1n) is 6.73. The summed E-state index contributed by atoms with van der Waals surface area (Å²) in [5.41, 5.74) is 1.77. The van der Waals surface area contributed by atoms with Gasteiger partial charge in [-0.15, -0.1) is 0 Å². The lowest BCUT2D eigenvalue weighted by molar-refractivity contribution is -0.385. The Balaban J connectivity index is 1.74. The van der Waals surface area contributed by atoms with Crippen molar-refractivity contribution in [3.63, 3.8) is 0 Å². The number of hydrogen-bond acceptors (Lipinski definition) is 5. The normalized spacial score (nSPS) is 10.5. The van der Waals surface area contributed by atoms with E-state index in [1.165, 1.54) is 12.3 Å². The predicted octanol–water partition coefficient (Wildman–Crippen LogP) is 3.58. The van der Waals surface area contributed by atoms with Crippen LogP contribution in [0, 0.1) is 17.0 Å². The number of anilines is 1. The third kappa shape index (κ3) is 4.68. The van der Waals surface area contributed by atoms with Crippen molar-refractivity contribution in [3.8, 4) is 0 Å². The van der Waals surface area contributed by atoms with Crippen molar-refractivity contribution < 1.29 is 9.66 Å². The second-order valence-corrected chi connectivity index (χ2v) is 5.16. The molecule has 6 nitrogen and oxygen atoms in total. The summed E-state index contributed by atoms with van der Waals surface area (Å²) in [5, 5.41) is 14.4. The Morgan fingerprint density at radius 3 is 2.73 bits per heavy atom. The molecule has 0 saturated heterocycles.